The zero-order valence-corrected chi connectivity index (χ0v) is 12.0. The maximum atomic E-state index is 14.2. The van der Waals surface area contributed by atoms with E-state index in [1.54, 1.807) is 12.1 Å². The predicted octanol–water partition coefficient (Wildman–Crippen LogP) is 1.86. The second kappa shape index (κ2) is 6.10. The smallest absolute Gasteiger partial charge is 0.146 e. The van der Waals surface area contributed by atoms with E-state index in [-0.39, 0.29) is 5.82 Å². The van der Waals surface area contributed by atoms with Gasteiger partial charge >= 0.3 is 0 Å². The summed E-state index contributed by atoms with van der Waals surface area (Å²) in [5.74, 6) is 0.828. The minimum absolute atomic E-state index is 0.105. The maximum Gasteiger partial charge on any atom is 0.146 e. The number of rotatable bonds is 5. The Hall–Kier alpha value is -1.13. The van der Waals surface area contributed by atoms with Crippen LogP contribution in [0.3, 0.4) is 0 Å². The average Bonchev–Trinajstić information content (AvgIpc) is 3.25. The van der Waals surface area contributed by atoms with Crippen molar-refractivity contribution in [2.24, 2.45) is 11.7 Å². The van der Waals surface area contributed by atoms with Gasteiger partial charge in [0.15, 0.2) is 0 Å². The molecule has 0 bridgehead atoms. The van der Waals surface area contributed by atoms with E-state index in [1.807, 2.05) is 6.07 Å². The first kappa shape index (κ1) is 13.8. The molecular weight excluding hydrogens is 253 g/mol. The summed E-state index contributed by atoms with van der Waals surface area (Å²) < 4.78 is 14.2. The molecule has 4 heteroatoms. The first-order valence-corrected chi connectivity index (χ1v) is 7.72. The summed E-state index contributed by atoms with van der Waals surface area (Å²) >= 11 is 0. The number of hydrogen-bond donors (Lipinski definition) is 1. The Labute approximate surface area is 120 Å². The van der Waals surface area contributed by atoms with Gasteiger partial charge in [0.1, 0.15) is 5.82 Å². The molecule has 1 saturated heterocycles. The van der Waals surface area contributed by atoms with Crippen LogP contribution in [0.2, 0.25) is 0 Å². The molecule has 2 N–H and O–H groups in total. The molecule has 3 nitrogen and oxygen atoms in total. The molecule has 1 saturated carbocycles. The molecule has 20 heavy (non-hydrogen) atoms. The third-order valence-electron chi connectivity index (χ3n) is 4.39. The van der Waals surface area contributed by atoms with Crippen molar-refractivity contribution in [3.63, 3.8) is 0 Å². The Balaban J connectivity index is 1.67. The van der Waals surface area contributed by atoms with E-state index < -0.39 is 0 Å². The Morgan fingerprint density at radius 2 is 1.90 bits per heavy atom. The number of nitrogens with two attached hydrogens (primary N) is 1. The van der Waals surface area contributed by atoms with Gasteiger partial charge in [-0.15, -0.1) is 0 Å². The highest BCUT2D eigenvalue weighted by Crippen LogP contribution is 2.31. The van der Waals surface area contributed by atoms with E-state index in [1.165, 1.54) is 19.4 Å². The van der Waals surface area contributed by atoms with E-state index in [4.69, 9.17) is 5.73 Å². The Bertz CT molecular complexity index is 451. The lowest BCUT2D eigenvalue weighted by Crippen LogP contribution is -2.47. The lowest BCUT2D eigenvalue weighted by molar-refractivity contribution is 0.247. The van der Waals surface area contributed by atoms with Crippen molar-refractivity contribution in [3.8, 4) is 0 Å². The highest BCUT2D eigenvalue weighted by molar-refractivity contribution is 5.55. The van der Waals surface area contributed by atoms with Gasteiger partial charge < -0.3 is 10.6 Å². The van der Waals surface area contributed by atoms with Crippen LogP contribution in [0.25, 0.3) is 0 Å². The number of para-hydroxylation sites is 1. The molecule has 2 aliphatic rings. The van der Waals surface area contributed by atoms with Gasteiger partial charge in [-0.1, -0.05) is 12.1 Å². The number of hydrogen-bond acceptors (Lipinski definition) is 3. The van der Waals surface area contributed by atoms with Crippen LogP contribution >= 0.6 is 0 Å². The SMILES string of the molecule is NCCc1cccc(F)c1N1CCN(CC2CC2)CC1. The van der Waals surface area contributed by atoms with Gasteiger partial charge in [-0.3, -0.25) is 4.90 Å². The summed E-state index contributed by atoms with van der Waals surface area (Å²) in [5, 5.41) is 0. The van der Waals surface area contributed by atoms with E-state index >= 15 is 0 Å². The maximum absolute atomic E-state index is 14.2. The fraction of sp³-hybridized carbons (Fsp3) is 0.625. The van der Waals surface area contributed by atoms with Crippen LogP contribution in [0.1, 0.15) is 18.4 Å². The van der Waals surface area contributed by atoms with Crippen molar-refractivity contribution in [2.45, 2.75) is 19.3 Å². The Morgan fingerprint density at radius 3 is 2.55 bits per heavy atom. The molecule has 3 rings (SSSR count). The quantitative estimate of drug-likeness (QED) is 0.891. The number of benzene rings is 1. The minimum Gasteiger partial charge on any atom is -0.366 e. The van der Waals surface area contributed by atoms with Gasteiger partial charge in [0.2, 0.25) is 0 Å². The molecular formula is C16H24FN3. The van der Waals surface area contributed by atoms with Gasteiger partial charge in [-0.25, -0.2) is 4.39 Å². The third kappa shape index (κ3) is 3.13. The topological polar surface area (TPSA) is 32.5 Å². The first-order chi connectivity index (χ1) is 9.78. The van der Waals surface area contributed by atoms with Crippen LogP contribution in [0.4, 0.5) is 10.1 Å². The molecule has 0 aromatic heterocycles. The standard InChI is InChI=1S/C16H24FN3/c17-15-3-1-2-14(6-7-18)16(15)20-10-8-19(9-11-20)12-13-4-5-13/h1-3,13H,4-12,18H2. The second-order valence-electron chi connectivity index (χ2n) is 6.02. The van der Waals surface area contributed by atoms with Crippen molar-refractivity contribution < 1.29 is 4.39 Å². The van der Waals surface area contributed by atoms with Crippen molar-refractivity contribution in [3.05, 3.63) is 29.6 Å². The average molecular weight is 277 g/mol. The lowest BCUT2D eigenvalue weighted by Gasteiger charge is -2.37. The molecule has 1 heterocycles. The highest BCUT2D eigenvalue weighted by atomic mass is 19.1. The molecule has 0 radical (unpaired) electrons. The van der Waals surface area contributed by atoms with Crippen LogP contribution in [0, 0.1) is 11.7 Å². The summed E-state index contributed by atoms with van der Waals surface area (Å²) in [4.78, 5) is 4.72. The van der Waals surface area contributed by atoms with Crippen LogP contribution < -0.4 is 10.6 Å². The zero-order valence-electron chi connectivity index (χ0n) is 12.0. The summed E-state index contributed by atoms with van der Waals surface area (Å²) in [5.41, 5.74) is 7.47. The van der Waals surface area contributed by atoms with Crippen LogP contribution in [0.15, 0.2) is 18.2 Å². The van der Waals surface area contributed by atoms with Gasteiger partial charge in [-0.05, 0) is 43.4 Å². The number of anilines is 1. The second-order valence-corrected chi connectivity index (χ2v) is 6.02. The van der Waals surface area contributed by atoms with Gasteiger partial charge in [-0.2, -0.15) is 0 Å². The summed E-state index contributed by atoms with van der Waals surface area (Å²) in [7, 11) is 0. The number of piperazine rings is 1. The summed E-state index contributed by atoms with van der Waals surface area (Å²) in [6.45, 7) is 5.75. The normalized spacial score (nSPS) is 20.4. The molecule has 1 aliphatic heterocycles. The molecule has 0 spiro atoms. The van der Waals surface area contributed by atoms with E-state index in [0.29, 0.717) is 6.54 Å². The molecule has 0 unspecified atom stereocenters. The highest BCUT2D eigenvalue weighted by Gasteiger charge is 2.27. The lowest BCUT2D eigenvalue weighted by atomic mass is 10.1. The summed E-state index contributed by atoms with van der Waals surface area (Å²) in [6.07, 6.45) is 3.54. The molecule has 0 amide bonds. The molecule has 110 valence electrons. The Kier molecular flexibility index (Phi) is 4.22. The van der Waals surface area contributed by atoms with E-state index in [9.17, 15) is 4.39 Å². The van der Waals surface area contributed by atoms with Crippen LogP contribution in [-0.2, 0) is 6.42 Å². The fourth-order valence-electron chi connectivity index (χ4n) is 3.09. The van der Waals surface area contributed by atoms with Crippen molar-refractivity contribution in [1.29, 1.82) is 0 Å². The van der Waals surface area contributed by atoms with E-state index in [2.05, 4.69) is 9.80 Å². The molecule has 2 fully saturated rings. The van der Waals surface area contributed by atoms with Crippen molar-refractivity contribution in [2.75, 3.05) is 44.2 Å². The third-order valence-corrected chi connectivity index (χ3v) is 4.39. The molecule has 1 aliphatic carbocycles. The van der Waals surface area contributed by atoms with Gasteiger partial charge in [0.05, 0.1) is 5.69 Å². The Morgan fingerprint density at radius 1 is 1.15 bits per heavy atom. The molecule has 1 aromatic rings. The van der Waals surface area contributed by atoms with Gasteiger partial charge in [0.25, 0.3) is 0 Å². The number of nitrogens with zero attached hydrogens (tertiary/aromatic N) is 2. The number of halogens is 1. The van der Waals surface area contributed by atoms with E-state index in [0.717, 1.165) is 49.8 Å². The molecule has 0 atom stereocenters. The minimum atomic E-state index is -0.105. The zero-order chi connectivity index (χ0) is 13.9. The fourth-order valence-corrected chi connectivity index (χ4v) is 3.09. The molecule has 1 aromatic carbocycles. The van der Waals surface area contributed by atoms with Gasteiger partial charge in [0, 0.05) is 32.7 Å². The summed E-state index contributed by atoms with van der Waals surface area (Å²) in [6, 6.07) is 5.35. The van der Waals surface area contributed by atoms with Crippen molar-refractivity contribution in [1.82, 2.24) is 4.90 Å². The predicted molar refractivity (Wildman–Crippen MR) is 80.5 cm³/mol. The monoisotopic (exact) mass is 277 g/mol. The van der Waals surface area contributed by atoms with Crippen molar-refractivity contribution >= 4 is 5.69 Å². The largest absolute Gasteiger partial charge is 0.366 e. The van der Waals surface area contributed by atoms with Crippen LogP contribution in [0.5, 0.6) is 0 Å². The first-order valence-electron chi connectivity index (χ1n) is 7.72. The van der Waals surface area contributed by atoms with Crippen LogP contribution in [-0.4, -0.2) is 44.2 Å².